The Bertz CT molecular complexity index is 322. The number of hydrogen-bond acceptors (Lipinski definition) is 4. The van der Waals surface area contributed by atoms with Gasteiger partial charge in [-0.15, -0.1) is 0 Å². The topological polar surface area (TPSA) is 70.4 Å². The number of esters is 1. The first-order valence-electron chi connectivity index (χ1n) is 5.41. The molecular formula is C11H16N2O3. The number of likely N-dealkylation sites (tertiary alicyclic amines) is 1. The van der Waals surface area contributed by atoms with E-state index in [1.165, 1.54) is 12.0 Å². The van der Waals surface area contributed by atoms with E-state index < -0.39 is 6.04 Å². The van der Waals surface area contributed by atoms with Gasteiger partial charge in [-0.3, -0.25) is 4.79 Å². The van der Waals surface area contributed by atoms with E-state index in [1.807, 2.05) is 13.0 Å². The fourth-order valence-electron chi connectivity index (χ4n) is 2.07. The van der Waals surface area contributed by atoms with Gasteiger partial charge in [-0.1, -0.05) is 6.92 Å². The molecule has 1 saturated heterocycles. The molecule has 0 N–H and O–H groups in total. The highest BCUT2D eigenvalue weighted by molar-refractivity contribution is 5.88. The number of methoxy groups -OCH3 is 1. The summed E-state index contributed by atoms with van der Waals surface area (Å²) in [6, 6.07) is 1.37. The molecule has 0 bridgehead atoms. The summed E-state index contributed by atoms with van der Waals surface area (Å²) in [4.78, 5) is 24.7. The molecule has 5 heteroatoms. The van der Waals surface area contributed by atoms with Gasteiger partial charge in [-0.25, -0.2) is 4.79 Å². The summed E-state index contributed by atoms with van der Waals surface area (Å²) < 4.78 is 4.67. The second-order valence-electron chi connectivity index (χ2n) is 3.80. The smallest absolute Gasteiger partial charge is 0.328 e. The van der Waals surface area contributed by atoms with Crippen LogP contribution in [0, 0.1) is 11.3 Å². The number of carbonyl (C=O) groups excluding carboxylic acids is 2. The first-order valence-corrected chi connectivity index (χ1v) is 5.41. The number of hydrogen-bond donors (Lipinski definition) is 0. The molecule has 0 aromatic carbocycles. The molecule has 0 saturated carbocycles. The third kappa shape index (κ3) is 2.32. The number of nitrogens with zero attached hydrogens (tertiary/aromatic N) is 2. The van der Waals surface area contributed by atoms with Crippen molar-refractivity contribution < 1.29 is 14.3 Å². The van der Waals surface area contributed by atoms with Crippen molar-refractivity contribution in [2.45, 2.75) is 44.7 Å². The first kappa shape index (κ1) is 12.5. The minimum Gasteiger partial charge on any atom is -0.467 e. The van der Waals surface area contributed by atoms with Gasteiger partial charge in [-0.05, 0) is 12.8 Å². The van der Waals surface area contributed by atoms with Crippen LogP contribution in [0.4, 0.5) is 0 Å². The number of ether oxygens (including phenoxy) is 1. The van der Waals surface area contributed by atoms with Crippen LogP contribution in [0.3, 0.4) is 0 Å². The third-order valence-corrected chi connectivity index (χ3v) is 2.92. The van der Waals surface area contributed by atoms with Crippen LogP contribution in [-0.2, 0) is 14.3 Å². The summed E-state index contributed by atoms with van der Waals surface area (Å²) in [6.45, 7) is 1.90. The Balaban J connectivity index is 2.84. The van der Waals surface area contributed by atoms with Crippen molar-refractivity contribution in [3.05, 3.63) is 0 Å². The minimum absolute atomic E-state index is 0.0579. The molecule has 1 fully saturated rings. The fourth-order valence-corrected chi connectivity index (χ4v) is 2.07. The molecule has 1 aliphatic rings. The molecule has 1 heterocycles. The molecule has 0 aromatic rings. The van der Waals surface area contributed by atoms with Crippen LogP contribution in [0.2, 0.25) is 0 Å². The zero-order valence-corrected chi connectivity index (χ0v) is 9.60. The Morgan fingerprint density at radius 2 is 2.44 bits per heavy atom. The van der Waals surface area contributed by atoms with Crippen molar-refractivity contribution in [1.82, 2.24) is 4.90 Å². The minimum atomic E-state index is -0.504. The normalized spacial score (nSPS) is 21.7. The van der Waals surface area contributed by atoms with Crippen molar-refractivity contribution in [2.24, 2.45) is 0 Å². The lowest BCUT2D eigenvalue weighted by molar-refractivity contribution is -0.150. The number of rotatable bonds is 4. The zero-order chi connectivity index (χ0) is 12.1. The Labute approximate surface area is 95.0 Å². The van der Waals surface area contributed by atoms with E-state index in [9.17, 15) is 9.59 Å². The van der Waals surface area contributed by atoms with Gasteiger partial charge in [0.2, 0.25) is 5.91 Å². The molecule has 88 valence electrons. The molecule has 1 amide bonds. The van der Waals surface area contributed by atoms with E-state index in [-0.39, 0.29) is 24.3 Å². The van der Waals surface area contributed by atoms with Gasteiger partial charge in [0.05, 0.1) is 19.6 Å². The van der Waals surface area contributed by atoms with Crippen LogP contribution in [0.25, 0.3) is 0 Å². The van der Waals surface area contributed by atoms with Crippen molar-refractivity contribution in [2.75, 3.05) is 7.11 Å². The monoisotopic (exact) mass is 224 g/mol. The Morgan fingerprint density at radius 3 is 2.94 bits per heavy atom. The quantitative estimate of drug-likeness (QED) is 0.663. The Morgan fingerprint density at radius 1 is 1.75 bits per heavy atom. The summed E-state index contributed by atoms with van der Waals surface area (Å²) in [6.07, 6.45) is 1.79. The zero-order valence-electron chi connectivity index (χ0n) is 9.60. The largest absolute Gasteiger partial charge is 0.467 e. The average molecular weight is 224 g/mol. The van der Waals surface area contributed by atoms with Gasteiger partial charge >= 0.3 is 5.97 Å². The number of nitriles is 1. The number of amides is 1. The SMILES string of the molecule is CCC(CC#N)N1C(=O)CCC1C(=O)OC. The van der Waals surface area contributed by atoms with E-state index in [0.29, 0.717) is 19.3 Å². The summed E-state index contributed by atoms with van der Waals surface area (Å²) in [5, 5.41) is 8.69. The molecule has 0 aromatic heterocycles. The maximum Gasteiger partial charge on any atom is 0.328 e. The molecule has 2 atom stereocenters. The maximum absolute atomic E-state index is 11.7. The predicted octanol–water partition coefficient (Wildman–Crippen LogP) is 0.843. The fraction of sp³-hybridized carbons (Fsp3) is 0.727. The number of carbonyl (C=O) groups is 2. The Kier molecular flexibility index (Phi) is 4.29. The van der Waals surface area contributed by atoms with Gasteiger partial charge in [0.15, 0.2) is 0 Å². The van der Waals surface area contributed by atoms with Crippen molar-refractivity contribution >= 4 is 11.9 Å². The highest BCUT2D eigenvalue weighted by atomic mass is 16.5. The Hall–Kier alpha value is -1.57. The van der Waals surface area contributed by atoms with Gasteiger partial charge in [0, 0.05) is 12.5 Å². The lowest BCUT2D eigenvalue weighted by atomic mass is 10.1. The van der Waals surface area contributed by atoms with Crippen molar-refractivity contribution in [3.8, 4) is 6.07 Å². The predicted molar refractivity (Wildman–Crippen MR) is 56.2 cm³/mol. The summed E-state index contributed by atoms with van der Waals surface area (Å²) in [5.41, 5.74) is 0. The van der Waals surface area contributed by atoms with Crippen molar-refractivity contribution in [1.29, 1.82) is 5.26 Å². The van der Waals surface area contributed by atoms with Crippen LogP contribution < -0.4 is 0 Å². The van der Waals surface area contributed by atoms with Gasteiger partial charge < -0.3 is 9.64 Å². The molecule has 2 unspecified atom stereocenters. The van der Waals surface area contributed by atoms with Gasteiger partial charge in [0.25, 0.3) is 0 Å². The maximum atomic E-state index is 11.7. The van der Waals surface area contributed by atoms with Gasteiger partial charge in [-0.2, -0.15) is 5.26 Å². The molecule has 0 radical (unpaired) electrons. The lowest BCUT2D eigenvalue weighted by Gasteiger charge is -2.29. The molecule has 1 rings (SSSR count). The second kappa shape index (κ2) is 5.50. The van der Waals surface area contributed by atoms with E-state index in [4.69, 9.17) is 5.26 Å². The van der Waals surface area contributed by atoms with Crippen LogP contribution in [-0.4, -0.2) is 36.0 Å². The third-order valence-electron chi connectivity index (χ3n) is 2.92. The van der Waals surface area contributed by atoms with E-state index in [1.54, 1.807) is 0 Å². The molecule has 16 heavy (non-hydrogen) atoms. The molecule has 0 spiro atoms. The average Bonchev–Trinajstić information content (AvgIpc) is 2.67. The van der Waals surface area contributed by atoms with Crippen LogP contribution >= 0.6 is 0 Å². The van der Waals surface area contributed by atoms with E-state index in [0.717, 1.165) is 0 Å². The first-order chi connectivity index (χ1) is 7.65. The standard InChI is InChI=1S/C11H16N2O3/c1-3-8(6-7-12)13-9(11(15)16-2)4-5-10(13)14/h8-9H,3-6H2,1-2H3. The van der Waals surface area contributed by atoms with E-state index >= 15 is 0 Å². The van der Waals surface area contributed by atoms with Crippen molar-refractivity contribution in [3.63, 3.8) is 0 Å². The lowest BCUT2D eigenvalue weighted by Crippen LogP contribution is -2.45. The highest BCUT2D eigenvalue weighted by Gasteiger charge is 2.40. The molecule has 5 nitrogen and oxygen atoms in total. The van der Waals surface area contributed by atoms with Crippen LogP contribution in [0.1, 0.15) is 32.6 Å². The van der Waals surface area contributed by atoms with Crippen LogP contribution in [0.15, 0.2) is 0 Å². The summed E-state index contributed by atoms with van der Waals surface area (Å²) >= 11 is 0. The van der Waals surface area contributed by atoms with E-state index in [2.05, 4.69) is 4.74 Å². The highest BCUT2D eigenvalue weighted by Crippen LogP contribution is 2.25. The van der Waals surface area contributed by atoms with Gasteiger partial charge in [0.1, 0.15) is 6.04 Å². The molecule has 1 aliphatic heterocycles. The molecule has 0 aliphatic carbocycles. The van der Waals surface area contributed by atoms with Crippen LogP contribution in [0.5, 0.6) is 0 Å². The summed E-state index contributed by atoms with van der Waals surface area (Å²) in [5.74, 6) is -0.445. The molecular weight excluding hydrogens is 208 g/mol. The second-order valence-corrected chi connectivity index (χ2v) is 3.80. The summed E-state index contributed by atoms with van der Waals surface area (Å²) in [7, 11) is 1.31.